The summed E-state index contributed by atoms with van der Waals surface area (Å²) in [5, 5.41) is 6.74. The number of aromatic nitrogens is 1. The van der Waals surface area contributed by atoms with Gasteiger partial charge in [0.05, 0.1) is 0 Å². The van der Waals surface area contributed by atoms with Crippen molar-refractivity contribution < 1.29 is 17.9 Å². The number of pyridine rings is 1. The smallest absolute Gasteiger partial charge is 0.422 e. The van der Waals surface area contributed by atoms with Crippen molar-refractivity contribution >= 4 is 17.6 Å². The van der Waals surface area contributed by atoms with E-state index in [1.807, 2.05) is 18.2 Å². The highest BCUT2D eigenvalue weighted by molar-refractivity contribution is 6.30. The van der Waals surface area contributed by atoms with E-state index < -0.39 is 12.8 Å². The molecule has 2 rings (SSSR count). The lowest BCUT2D eigenvalue weighted by Crippen LogP contribution is -2.36. The summed E-state index contributed by atoms with van der Waals surface area (Å²) in [4.78, 5) is 7.93. The highest BCUT2D eigenvalue weighted by Crippen LogP contribution is 2.19. The topological polar surface area (TPSA) is 58.5 Å². The Kier molecular flexibility index (Phi) is 7.08. The van der Waals surface area contributed by atoms with Gasteiger partial charge in [0.1, 0.15) is 0 Å². The maximum absolute atomic E-state index is 12.3. The van der Waals surface area contributed by atoms with Crippen molar-refractivity contribution in [1.29, 1.82) is 0 Å². The average molecular weight is 387 g/mol. The fraction of sp³-hybridized carbons (Fsp3) is 0.294. The number of halogens is 4. The molecule has 0 saturated carbocycles. The average Bonchev–Trinajstić information content (AvgIpc) is 2.60. The third-order valence-electron chi connectivity index (χ3n) is 3.24. The van der Waals surface area contributed by atoms with Crippen molar-refractivity contribution in [3.05, 3.63) is 58.7 Å². The Morgan fingerprint density at radius 1 is 1.19 bits per heavy atom. The third-order valence-corrected chi connectivity index (χ3v) is 3.48. The number of hydrogen-bond acceptors (Lipinski definition) is 3. The number of ether oxygens (including phenoxy) is 1. The van der Waals surface area contributed by atoms with Crippen LogP contribution in [0, 0.1) is 0 Å². The Hall–Kier alpha value is -2.48. The largest absolute Gasteiger partial charge is 0.468 e. The molecule has 0 atom stereocenters. The van der Waals surface area contributed by atoms with Crippen LogP contribution < -0.4 is 15.4 Å². The summed E-state index contributed by atoms with van der Waals surface area (Å²) in [6.45, 7) is -0.695. The zero-order valence-electron chi connectivity index (χ0n) is 14.0. The molecule has 2 aromatic rings. The Balaban J connectivity index is 1.92. The van der Waals surface area contributed by atoms with Crippen LogP contribution in [-0.2, 0) is 13.1 Å². The van der Waals surface area contributed by atoms with Gasteiger partial charge in [0.25, 0.3) is 0 Å². The molecule has 0 fully saturated rings. The van der Waals surface area contributed by atoms with E-state index in [0.29, 0.717) is 23.1 Å². The van der Waals surface area contributed by atoms with Gasteiger partial charge in [0.15, 0.2) is 12.6 Å². The summed E-state index contributed by atoms with van der Waals surface area (Å²) in [5.41, 5.74) is 1.46. The van der Waals surface area contributed by atoms with Gasteiger partial charge in [-0.1, -0.05) is 29.8 Å². The second-order valence-electron chi connectivity index (χ2n) is 5.28. The van der Waals surface area contributed by atoms with E-state index >= 15 is 0 Å². The van der Waals surface area contributed by atoms with Crippen molar-refractivity contribution in [3.8, 4) is 5.88 Å². The van der Waals surface area contributed by atoms with Gasteiger partial charge in [-0.25, -0.2) is 4.98 Å². The highest BCUT2D eigenvalue weighted by Gasteiger charge is 2.29. The first kappa shape index (κ1) is 19.8. The molecule has 0 aliphatic rings. The maximum atomic E-state index is 12.3. The van der Waals surface area contributed by atoms with Gasteiger partial charge in [-0.05, 0) is 23.8 Å². The first-order chi connectivity index (χ1) is 12.4. The first-order valence-corrected chi connectivity index (χ1v) is 8.07. The molecule has 140 valence electrons. The fourth-order valence-electron chi connectivity index (χ4n) is 2.07. The minimum absolute atomic E-state index is 0.0670. The molecule has 2 N–H and O–H groups in total. The normalized spacial score (nSPS) is 12.0. The fourth-order valence-corrected chi connectivity index (χ4v) is 2.28. The number of alkyl halides is 3. The summed E-state index contributed by atoms with van der Waals surface area (Å²) in [7, 11) is 1.59. The van der Waals surface area contributed by atoms with Crippen molar-refractivity contribution in [3.63, 3.8) is 0 Å². The number of hydrogen-bond donors (Lipinski definition) is 2. The zero-order chi connectivity index (χ0) is 19.0. The predicted molar refractivity (Wildman–Crippen MR) is 94.3 cm³/mol. The molecular formula is C17H18ClF3N4O. The molecule has 0 aliphatic heterocycles. The van der Waals surface area contributed by atoms with Crippen LogP contribution in [0.3, 0.4) is 0 Å². The van der Waals surface area contributed by atoms with Crippen molar-refractivity contribution in [2.24, 2.45) is 4.99 Å². The van der Waals surface area contributed by atoms with Gasteiger partial charge in [-0.3, -0.25) is 4.99 Å². The Bertz CT molecular complexity index is 753. The summed E-state index contributed by atoms with van der Waals surface area (Å²) in [6, 6.07) is 10.6. The second-order valence-corrected chi connectivity index (χ2v) is 5.72. The van der Waals surface area contributed by atoms with Gasteiger partial charge in [0.2, 0.25) is 5.88 Å². The zero-order valence-corrected chi connectivity index (χ0v) is 14.7. The second kappa shape index (κ2) is 9.28. The molecule has 0 unspecified atom stereocenters. The van der Waals surface area contributed by atoms with Crippen molar-refractivity contribution in [2.45, 2.75) is 19.3 Å². The molecule has 5 nitrogen and oxygen atoms in total. The maximum Gasteiger partial charge on any atom is 0.422 e. The molecule has 0 aliphatic carbocycles. The number of aliphatic imine (C=N–C) groups is 1. The number of benzene rings is 1. The first-order valence-electron chi connectivity index (χ1n) is 7.70. The Labute approximate surface area is 154 Å². The van der Waals surface area contributed by atoms with Crippen LogP contribution in [-0.4, -0.2) is 30.8 Å². The standard InChI is InChI=1S/C17H18ClF3N4O/c1-22-16(24-9-12-4-2-6-14(18)8-12)25-10-13-5-3-7-23-15(13)26-11-17(19,20)21/h2-8H,9-11H2,1H3,(H2,22,24,25). The SMILES string of the molecule is CN=C(NCc1cccc(Cl)c1)NCc1cccnc1OCC(F)(F)F. The molecule has 1 aromatic carbocycles. The minimum Gasteiger partial charge on any atom is -0.468 e. The van der Waals surface area contributed by atoms with Gasteiger partial charge < -0.3 is 15.4 Å². The van der Waals surface area contributed by atoms with Gasteiger partial charge in [0, 0.05) is 36.9 Å². The Morgan fingerprint density at radius 2 is 1.96 bits per heavy atom. The van der Waals surface area contributed by atoms with E-state index in [-0.39, 0.29) is 12.4 Å². The van der Waals surface area contributed by atoms with E-state index in [1.165, 1.54) is 6.20 Å². The number of guanidine groups is 1. The number of nitrogens with one attached hydrogen (secondary N) is 2. The van der Waals surface area contributed by atoms with Crippen molar-refractivity contribution in [2.75, 3.05) is 13.7 Å². The monoisotopic (exact) mass is 386 g/mol. The van der Waals surface area contributed by atoms with Crippen LogP contribution in [0.1, 0.15) is 11.1 Å². The van der Waals surface area contributed by atoms with Crippen LogP contribution in [0.15, 0.2) is 47.6 Å². The summed E-state index contributed by atoms with van der Waals surface area (Å²) < 4.78 is 41.7. The molecule has 1 aromatic heterocycles. The van der Waals surface area contributed by atoms with E-state index in [4.69, 9.17) is 16.3 Å². The van der Waals surface area contributed by atoms with Gasteiger partial charge in [-0.2, -0.15) is 13.2 Å². The predicted octanol–water partition coefficient (Wildman–Crippen LogP) is 3.54. The van der Waals surface area contributed by atoms with E-state index in [0.717, 1.165) is 5.56 Å². The van der Waals surface area contributed by atoms with Crippen molar-refractivity contribution in [1.82, 2.24) is 15.6 Å². The minimum atomic E-state index is -4.42. The van der Waals surface area contributed by atoms with Crippen LogP contribution in [0.2, 0.25) is 5.02 Å². The van der Waals surface area contributed by atoms with E-state index in [1.54, 1.807) is 25.2 Å². The summed E-state index contributed by atoms with van der Waals surface area (Å²) >= 11 is 5.94. The van der Waals surface area contributed by atoms with E-state index in [9.17, 15) is 13.2 Å². The van der Waals surface area contributed by atoms with Crippen LogP contribution in [0.25, 0.3) is 0 Å². The molecule has 0 radical (unpaired) electrons. The highest BCUT2D eigenvalue weighted by atomic mass is 35.5. The third kappa shape index (κ3) is 6.79. The molecule has 0 amide bonds. The number of nitrogens with zero attached hydrogens (tertiary/aromatic N) is 2. The lowest BCUT2D eigenvalue weighted by molar-refractivity contribution is -0.154. The lowest BCUT2D eigenvalue weighted by atomic mass is 10.2. The molecular weight excluding hydrogens is 369 g/mol. The van der Waals surface area contributed by atoms with Gasteiger partial charge in [-0.15, -0.1) is 0 Å². The number of rotatable bonds is 6. The summed E-state index contributed by atoms with van der Waals surface area (Å²) in [5.74, 6) is 0.415. The molecule has 0 bridgehead atoms. The van der Waals surface area contributed by atoms with Gasteiger partial charge >= 0.3 is 6.18 Å². The molecule has 9 heteroatoms. The lowest BCUT2D eigenvalue weighted by Gasteiger charge is -2.15. The van der Waals surface area contributed by atoms with Crippen LogP contribution >= 0.6 is 11.6 Å². The van der Waals surface area contributed by atoms with Crippen LogP contribution in [0.5, 0.6) is 5.88 Å². The molecule has 1 heterocycles. The molecule has 26 heavy (non-hydrogen) atoms. The molecule has 0 spiro atoms. The Morgan fingerprint density at radius 3 is 2.65 bits per heavy atom. The van der Waals surface area contributed by atoms with Crippen LogP contribution in [0.4, 0.5) is 13.2 Å². The quantitative estimate of drug-likeness (QED) is 0.589. The summed E-state index contributed by atoms with van der Waals surface area (Å²) in [6.07, 6.45) is -3.04. The van der Waals surface area contributed by atoms with E-state index in [2.05, 4.69) is 20.6 Å². The molecule has 0 saturated heterocycles.